The molecular formula is C15H22N2O2S. The van der Waals surface area contributed by atoms with Crippen molar-refractivity contribution in [2.75, 3.05) is 19.3 Å². The van der Waals surface area contributed by atoms with Crippen LogP contribution in [0.15, 0.2) is 24.3 Å². The second-order valence-corrected chi connectivity index (χ2v) is 6.68. The van der Waals surface area contributed by atoms with Crippen LogP contribution in [0.25, 0.3) is 0 Å². The lowest BCUT2D eigenvalue weighted by atomic mass is 10.1. The van der Waals surface area contributed by atoms with Crippen LogP contribution in [0.5, 0.6) is 0 Å². The minimum Gasteiger partial charge on any atom is -0.315 e. The maximum Gasteiger partial charge on any atom is 0.272 e. The lowest BCUT2D eigenvalue weighted by molar-refractivity contribution is -0.385. The topological polar surface area (TPSA) is 55.2 Å². The largest absolute Gasteiger partial charge is 0.315 e. The van der Waals surface area contributed by atoms with Gasteiger partial charge in [0.1, 0.15) is 0 Å². The van der Waals surface area contributed by atoms with Crippen LogP contribution in [0, 0.1) is 10.1 Å². The molecule has 0 unspecified atom stereocenters. The molecule has 0 radical (unpaired) electrons. The molecule has 0 saturated heterocycles. The molecule has 1 N–H and O–H groups in total. The Bertz CT molecular complexity index is 459. The van der Waals surface area contributed by atoms with Gasteiger partial charge in [-0.05, 0) is 32.1 Å². The average molecular weight is 294 g/mol. The van der Waals surface area contributed by atoms with E-state index in [1.807, 2.05) is 23.9 Å². The Balaban J connectivity index is 1.83. The van der Waals surface area contributed by atoms with Gasteiger partial charge in [-0.25, -0.2) is 0 Å². The summed E-state index contributed by atoms with van der Waals surface area (Å²) in [6.45, 7) is 1.81. The lowest BCUT2D eigenvalue weighted by Gasteiger charge is -2.27. The standard InChI is InChI=1S/C15H22N2O2S/c1-20-15(9-4-5-10-15)12-16-11-8-13-6-2-3-7-14(13)17(18)19/h2-3,6-7,16H,4-5,8-12H2,1H3. The molecule has 1 fully saturated rings. The Labute approximate surface area is 124 Å². The van der Waals surface area contributed by atoms with Gasteiger partial charge in [-0.2, -0.15) is 11.8 Å². The van der Waals surface area contributed by atoms with Gasteiger partial charge < -0.3 is 5.32 Å². The molecule has 0 amide bonds. The number of para-hydroxylation sites is 1. The number of rotatable bonds is 7. The van der Waals surface area contributed by atoms with E-state index in [0.29, 0.717) is 11.2 Å². The highest BCUT2D eigenvalue weighted by molar-refractivity contribution is 8.00. The van der Waals surface area contributed by atoms with Crippen molar-refractivity contribution in [1.29, 1.82) is 0 Å². The Morgan fingerprint density at radius 2 is 2.05 bits per heavy atom. The van der Waals surface area contributed by atoms with E-state index in [1.54, 1.807) is 12.1 Å². The number of nitrogens with one attached hydrogen (secondary N) is 1. The van der Waals surface area contributed by atoms with Crippen LogP contribution in [0.2, 0.25) is 0 Å². The Morgan fingerprint density at radius 1 is 1.35 bits per heavy atom. The van der Waals surface area contributed by atoms with Gasteiger partial charge in [0.25, 0.3) is 5.69 Å². The zero-order valence-electron chi connectivity index (χ0n) is 11.9. The van der Waals surface area contributed by atoms with Crippen molar-refractivity contribution in [3.8, 4) is 0 Å². The van der Waals surface area contributed by atoms with Gasteiger partial charge >= 0.3 is 0 Å². The van der Waals surface area contributed by atoms with Crippen LogP contribution >= 0.6 is 11.8 Å². The van der Waals surface area contributed by atoms with Crippen LogP contribution in [0.4, 0.5) is 5.69 Å². The van der Waals surface area contributed by atoms with Gasteiger partial charge in [-0.15, -0.1) is 0 Å². The molecule has 2 rings (SSSR count). The molecule has 20 heavy (non-hydrogen) atoms. The quantitative estimate of drug-likeness (QED) is 0.476. The highest BCUT2D eigenvalue weighted by atomic mass is 32.2. The molecule has 0 bridgehead atoms. The van der Waals surface area contributed by atoms with Crippen LogP contribution in [-0.2, 0) is 6.42 Å². The summed E-state index contributed by atoms with van der Waals surface area (Å²) in [5.74, 6) is 0. The molecule has 1 aromatic carbocycles. The number of nitro benzene ring substituents is 1. The molecule has 1 aromatic rings. The number of thioether (sulfide) groups is 1. The van der Waals surface area contributed by atoms with Crippen LogP contribution in [0.1, 0.15) is 31.2 Å². The third-order valence-corrected chi connectivity index (χ3v) is 5.57. The van der Waals surface area contributed by atoms with Crippen molar-refractivity contribution in [2.45, 2.75) is 36.9 Å². The first-order valence-electron chi connectivity index (χ1n) is 7.15. The monoisotopic (exact) mass is 294 g/mol. The van der Waals surface area contributed by atoms with Gasteiger partial charge in [0.05, 0.1) is 4.92 Å². The number of benzene rings is 1. The average Bonchev–Trinajstić information content (AvgIpc) is 2.93. The Hall–Kier alpha value is -1.07. The number of nitrogens with zero attached hydrogens (tertiary/aromatic N) is 1. The van der Waals surface area contributed by atoms with Gasteiger partial charge in [0.2, 0.25) is 0 Å². The smallest absolute Gasteiger partial charge is 0.272 e. The first-order chi connectivity index (χ1) is 9.67. The van der Waals surface area contributed by atoms with Gasteiger partial charge in [0, 0.05) is 22.9 Å². The zero-order valence-corrected chi connectivity index (χ0v) is 12.7. The summed E-state index contributed by atoms with van der Waals surface area (Å²) >= 11 is 1.96. The minimum atomic E-state index is -0.296. The first-order valence-corrected chi connectivity index (χ1v) is 8.37. The molecule has 0 spiro atoms. The van der Waals surface area contributed by atoms with E-state index < -0.39 is 0 Å². The molecule has 0 atom stereocenters. The van der Waals surface area contributed by atoms with Gasteiger partial charge in [-0.1, -0.05) is 31.0 Å². The van der Waals surface area contributed by atoms with Crippen molar-refractivity contribution >= 4 is 17.4 Å². The number of nitro groups is 1. The fraction of sp³-hybridized carbons (Fsp3) is 0.600. The SMILES string of the molecule is CSC1(CNCCc2ccccc2[N+](=O)[O-])CCCC1. The molecular weight excluding hydrogens is 272 g/mol. The van der Waals surface area contributed by atoms with Gasteiger partial charge in [0.15, 0.2) is 0 Å². The van der Waals surface area contributed by atoms with E-state index in [-0.39, 0.29) is 10.6 Å². The van der Waals surface area contributed by atoms with Crippen LogP contribution in [-0.4, -0.2) is 29.0 Å². The molecule has 110 valence electrons. The second kappa shape index (κ2) is 7.09. The van der Waals surface area contributed by atoms with E-state index in [1.165, 1.54) is 25.7 Å². The van der Waals surface area contributed by atoms with E-state index in [4.69, 9.17) is 0 Å². The van der Waals surface area contributed by atoms with E-state index in [9.17, 15) is 10.1 Å². The highest BCUT2D eigenvalue weighted by Crippen LogP contribution is 2.39. The molecule has 1 aliphatic carbocycles. The van der Waals surface area contributed by atoms with E-state index >= 15 is 0 Å². The van der Waals surface area contributed by atoms with Gasteiger partial charge in [-0.3, -0.25) is 10.1 Å². The third kappa shape index (κ3) is 3.73. The van der Waals surface area contributed by atoms with Crippen molar-refractivity contribution in [3.63, 3.8) is 0 Å². The molecule has 5 heteroatoms. The number of hydrogen-bond donors (Lipinski definition) is 1. The van der Waals surface area contributed by atoms with Crippen molar-refractivity contribution in [1.82, 2.24) is 5.32 Å². The first kappa shape index (κ1) is 15.3. The predicted octanol–water partition coefficient (Wildman–Crippen LogP) is 3.40. The normalized spacial score (nSPS) is 17.2. The fourth-order valence-electron chi connectivity index (χ4n) is 2.91. The Morgan fingerprint density at radius 3 is 2.70 bits per heavy atom. The second-order valence-electron chi connectivity index (χ2n) is 5.41. The van der Waals surface area contributed by atoms with E-state index in [0.717, 1.165) is 18.7 Å². The fourth-order valence-corrected chi connectivity index (χ4v) is 3.86. The zero-order chi connectivity index (χ0) is 14.4. The van der Waals surface area contributed by atoms with Crippen molar-refractivity contribution in [2.24, 2.45) is 0 Å². The Kier molecular flexibility index (Phi) is 5.43. The maximum atomic E-state index is 10.9. The molecule has 0 aliphatic heterocycles. The summed E-state index contributed by atoms with van der Waals surface area (Å²) < 4.78 is 0.391. The summed E-state index contributed by atoms with van der Waals surface area (Å²) in [5.41, 5.74) is 1.05. The maximum absolute atomic E-state index is 10.9. The molecule has 1 aliphatic rings. The lowest BCUT2D eigenvalue weighted by Crippen LogP contribution is -2.36. The summed E-state index contributed by atoms with van der Waals surface area (Å²) in [6.07, 6.45) is 8.12. The number of hydrogen-bond acceptors (Lipinski definition) is 4. The third-order valence-electron chi connectivity index (χ3n) is 4.15. The predicted molar refractivity (Wildman–Crippen MR) is 84.4 cm³/mol. The van der Waals surface area contributed by atoms with Crippen molar-refractivity contribution in [3.05, 3.63) is 39.9 Å². The molecule has 0 aromatic heterocycles. The molecule has 0 heterocycles. The van der Waals surface area contributed by atoms with Crippen LogP contribution < -0.4 is 5.32 Å². The minimum absolute atomic E-state index is 0.231. The van der Waals surface area contributed by atoms with E-state index in [2.05, 4.69) is 11.6 Å². The van der Waals surface area contributed by atoms with Crippen LogP contribution in [0.3, 0.4) is 0 Å². The summed E-state index contributed by atoms with van der Waals surface area (Å²) in [4.78, 5) is 10.6. The van der Waals surface area contributed by atoms with Crippen molar-refractivity contribution < 1.29 is 4.92 Å². The summed E-state index contributed by atoms with van der Waals surface area (Å²) in [5, 5.41) is 14.4. The summed E-state index contributed by atoms with van der Waals surface area (Å²) in [7, 11) is 0. The highest BCUT2D eigenvalue weighted by Gasteiger charge is 2.32. The molecule has 4 nitrogen and oxygen atoms in total. The molecule has 1 saturated carbocycles. The summed E-state index contributed by atoms with van der Waals surface area (Å²) in [6, 6.07) is 7.01.